The molecule has 10 nitrogen and oxygen atoms in total. The maximum Gasteiger partial charge on any atom is 0.332 e. The molecular weight excluding hydrogens is 276 g/mol. The molecular formula is C11H16N8O2. The molecule has 0 fully saturated rings. The molecule has 0 aliphatic carbocycles. The third kappa shape index (κ3) is 3.22. The maximum absolute atomic E-state index is 11.1. The van der Waals surface area contributed by atoms with Gasteiger partial charge >= 0.3 is 5.69 Å². The third-order valence-electron chi connectivity index (χ3n) is 2.91. The fourth-order valence-electron chi connectivity index (χ4n) is 1.85. The Labute approximate surface area is 120 Å². The minimum absolute atomic E-state index is 0.119. The second kappa shape index (κ2) is 6.11. The van der Waals surface area contributed by atoms with E-state index in [1.165, 1.54) is 0 Å². The highest BCUT2D eigenvalue weighted by molar-refractivity contribution is 5.60. The Morgan fingerprint density at radius 1 is 1.43 bits per heavy atom. The average Bonchev–Trinajstić information content (AvgIpc) is 2.83. The van der Waals surface area contributed by atoms with Crippen LogP contribution in [0.4, 0.5) is 17.5 Å². The van der Waals surface area contributed by atoms with E-state index in [4.69, 9.17) is 0 Å². The second-order valence-corrected chi connectivity index (χ2v) is 4.37. The van der Waals surface area contributed by atoms with Crippen molar-refractivity contribution >= 4 is 17.5 Å². The number of anilines is 2. The number of nitrogens with zero attached hydrogens (tertiary/aromatic N) is 6. The lowest BCUT2D eigenvalue weighted by atomic mass is 10.3. The molecule has 0 saturated carbocycles. The molecule has 0 saturated heterocycles. The SMILES string of the molecule is CNc1nc(C)c([N+](=O)[O-])c(NCCc2nncn2C)n1. The van der Waals surface area contributed by atoms with E-state index in [1.807, 2.05) is 7.05 Å². The summed E-state index contributed by atoms with van der Waals surface area (Å²) in [5.41, 5.74) is 0.187. The monoisotopic (exact) mass is 292 g/mol. The Balaban J connectivity index is 2.16. The average molecular weight is 292 g/mol. The summed E-state index contributed by atoms with van der Waals surface area (Å²) in [5, 5.41) is 24.6. The fourth-order valence-corrected chi connectivity index (χ4v) is 1.85. The van der Waals surface area contributed by atoms with Crippen molar-refractivity contribution in [3.63, 3.8) is 0 Å². The minimum Gasteiger partial charge on any atom is -0.364 e. The van der Waals surface area contributed by atoms with E-state index >= 15 is 0 Å². The zero-order valence-corrected chi connectivity index (χ0v) is 12.0. The summed E-state index contributed by atoms with van der Waals surface area (Å²) in [6.45, 7) is 2.03. The zero-order chi connectivity index (χ0) is 15.4. The summed E-state index contributed by atoms with van der Waals surface area (Å²) in [5.74, 6) is 1.31. The maximum atomic E-state index is 11.1. The van der Waals surface area contributed by atoms with Gasteiger partial charge in [0.05, 0.1) is 4.92 Å². The first-order valence-corrected chi connectivity index (χ1v) is 6.30. The largest absolute Gasteiger partial charge is 0.364 e. The number of hydrogen-bond acceptors (Lipinski definition) is 8. The number of rotatable bonds is 6. The van der Waals surface area contributed by atoms with Crippen molar-refractivity contribution in [2.45, 2.75) is 13.3 Å². The van der Waals surface area contributed by atoms with Crippen molar-refractivity contribution in [3.05, 3.63) is 28.0 Å². The van der Waals surface area contributed by atoms with E-state index in [-0.39, 0.29) is 11.5 Å². The van der Waals surface area contributed by atoms with Gasteiger partial charge in [-0.25, -0.2) is 4.98 Å². The summed E-state index contributed by atoms with van der Waals surface area (Å²) >= 11 is 0. The first kappa shape index (κ1) is 14.6. The van der Waals surface area contributed by atoms with Crippen LogP contribution in [0, 0.1) is 17.0 Å². The van der Waals surface area contributed by atoms with Crippen molar-refractivity contribution in [2.24, 2.45) is 7.05 Å². The summed E-state index contributed by atoms with van der Waals surface area (Å²) in [6, 6.07) is 0. The predicted molar refractivity (Wildman–Crippen MR) is 76.2 cm³/mol. The standard InChI is InChI=1S/C11H16N8O2/c1-7-9(19(20)21)10(16-11(12-2)15-7)13-5-4-8-17-14-6-18(8)3/h6H,4-5H2,1-3H3,(H2,12,13,15,16). The van der Waals surface area contributed by atoms with Crippen LogP contribution >= 0.6 is 0 Å². The summed E-state index contributed by atoms with van der Waals surface area (Å²) in [7, 11) is 3.50. The van der Waals surface area contributed by atoms with Crippen LogP contribution in [0.25, 0.3) is 0 Å². The Hall–Kier alpha value is -2.78. The molecule has 0 aliphatic rings. The molecule has 0 radical (unpaired) electrons. The van der Waals surface area contributed by atoms with Crippen LogP contribution in [-0.4, -0.2) is 43.2 Å². The van der Waals surface area contributed by atoms with Crippen LogP contribution in [0.3, 0.4) is 0 Å². The van der Waals surface area contributed by atoms with Gasteiger partial charge in [-0.3, -0.25) is 10.1 Å². The van der Waals surface area contributed by atoms with Crippen LogP contribution in [-0.2, 0) is 13.5 Å². The third-order valence-corrected chi connectivity index (χ3v) is 2.91. The molecule has 0 spiro atoms. The molecule has 0 bridgehead atoms. The van der Waals surface area contributed by atoms with Crippen LogP contribution in [0.15, 0.2) is 6.33 Å². The smallest absolute Gasteiger partial charge is 0.332 e. The number of nitrogens with one attached hydrogen (secondary N) is 2. The molecule has 2 aromatic rings. The summed E-state index contributed by atoms with van der Waals surface area (Å²) in [4.78, 5) is 18.8. The van der Waals surface area contributed by atoms with Gasteiger partial charge in [-0.05, 0) is 6.92 Å². The zero-order valence-electron chi connectivity index (χ0n) is 12.0. The number of hydrogen-bond donors (Lipinski definition) is 2. The normalized spacial score (nSPS) is 10.4. The molecule has 2 N–H and O–H groups in total. The summed E-state index contributed by atoms with van der Waals surface area (Å²) in [6.07, 6.45) is 2.18. The van der Waals surface area contributed by atoms with Gasteiger partial charge < -0.3 is 15.2 Å². The molecule has 112 valence electrons. The molecule has 0 unspecified atom stereocenters. The van der Waals surface area contributed by atoms with Gasteiger partial charge in [-0.1, -0.05) is 0 Å². The molecule has 10 heteroatoms. The Morgan fingerprint density at radius 2 is 2.19 bits per heavy atom. The van der Waals surface area contributed by atoms with Gasteiger partial charge in [0.25, 0.3) is 0 Å². The second-order valence-electron chi connectivity index (χ2n) is 4.37. The minimum atomic E-state index is -0.487. The highest BCUT2D eigenvalue weighted by Crippen LogP contribution is 2.26. The number of aryl methyl sites for hydroxylation is 2. The van der Waals surface area contributed by atoms with Gasteiger partial charge in [0.15, 0.2) is 0 Å². The highest BCUT2D eigenvalue weighted by atomic mass is 16.6. The van der Waals surface area contributed by atoms with Crippen molar-refractivity contribution in [1.82, 2.24) is 24.7 Å². The molecule has 0 atom stereocenters. The topological polar surface area (TPSA) is 124 Å². The van der Waals surface area contributed by atoms with Gasteiger partial charge in [0, 0.05) is 27.1 Å². The van der Waals surface area contributed by atoms with Crippen molar-refractivity contribution in [2.75, 3.05) is 24.2 Å². The molecule has 0 amide bonds. The molecule has 21 heavy (non-hydrogen) atoms. The van der Waals surface area contributed by atoms with E-state index in [0.717, 1.165) is 5.82 Å². The van der Waals surface area contributed by atoms with E-state index in [9.17, 15) is 10.1 Å². The molecule has 2 aromatic heterocycles. The van der Waals surface area contributed by atoms with E-state index < -0.39 is 4.92 Å². The summed E-state index contributed by atoms with van der Waals surface area (Å²) < 4.78 is 1.79. The van der Waals surface area contributed by atoms with E-state index in [2.05, 4.69) is 30.8 Å². The molecule has 0 aliphatic heterocycles. The van der Waals surface area contributed by atoms with E-state index in [1.54, 1.807) is 24.9 Å². The van der Waals surface area contributed by atoms with Crippen LogP contribution in [0.2, 0.25) is 0 Å². The van der Waals surface area contributed by atoms with Gasteiger partial charge in [0.1, 0.15) is 17.8 Å². The van der Waals surface area contributed by atoms with Crippen molar-refractivity contribution in [1.29, 1.82) is 0 Å². The number of nitro groups is 1. The van der Waals surface area contributed by atoms with Crippen molar-refractivity contribution < 1.29 is 4.92 Å². The predicted octanol–water partition coefficient (Wildman–Crippen LogP) is 0.518. The lowest BCUT2D eigenvalue weighted by Crippen LogP contribution is -2.13. The van der Waals surface area contributed by atoms with Crippen molar-refractivity contribution in [3.8, 4) is 0 Å². The van der Waals surface area contributed by atoms with Crippen LogP contribution < -0.4 is 10.6 Å². The van der Waals surface area contributed by atoms with E-state index in [0.29, 0.717) is 24.6 Å². The number of aromatic nitrogens is 5. The lowest BCUT2D eigenvalue weighted by molar-refractivity contribution is -0.385. The molecule has 0 aromatic carbocycles. The van der Waals surface area contributed by atoms with Gasteiger partial charge in [0.2, 0.25) is 11.8 Å². The Kier molecular flexibility index (Phi) is 4.26. The van der Waals surface area contributed by atoms with Crippen LogP contribution in [0.1, 0.15) is 11.5 Å². The quantitative estimate of drug-likeness (QED) is 0.583. The van der Waals surface area contributed by atoms with Gasteiger partial charge in [-0.2, -0.15) is 4.98 Å². The molecule has 2 rings (SSSR count). The Bertz CT molecular complexity index is 654. The Morgan fingerprint density at radius 3 is 2.76 bits per heavy atom. The molecule has 2 heterocycles. The first-order valence-electron chi connectivity index (χ1n) is 6.30. The first-order chi connectivity index (χ1) is 10.0. The highest BCUT2D eigenvalue weighted by Gasteiger charge is 2.21. The van der Waals surface area contributed by atoms with Crippen LogP contribution in [0.5, 0.6) is 0 Å². The lowest BCUT2D eigenvalue weighted by Gasteiger charge is -2.09. The van der Waals surface area contributed by atoms with Gasteiger partial charge in [-0.15, -0.1) is 10.2 Å². The fraction of sp³-hybridized carbons (Fsp3) is 0.455.